The first-order valence-corrected chi connectivity index (χ1v) is 13.6. The van der Waals surface area contributed by atoms with E-state index in [0.717, 1.165) is 17.4 Å². The van der Waals surface area contributed by atoms with Crippen molar-refractivity contribution in [1.82, 2.24) is 9.29 Å². The van der Waals surface area contributed by atoms with Crippen LogP contribution in [0, 0.1) is 6.92 Å². The second-order valence-corrected chi connectivity index (χ2v) is 11.3. The molecular formula is C26H30N4O6S. The van der Waals surface area contributed by atoms with Crippen LogP contribution in [0.5, 0.6) is 0 Å². The highest BCUT2D eigenvalue weighted by molar-refractivity contribution is 7.89. The fourth-order valence-electron chi connectivity index (χ4n) is 4.91. The predicted molar refractivity (Wildman–Crippen MR) is 141 cm³/mol. The van der Waals surface area contributed by atoms with Crippen molar-refractivity contribution in [2.24, 2.45) is 0 Å². The van der Waals surface area contributed by atoms with Crippen LogP contribution in [-0.4, -0.2) is 76.2 Å². The van der Waals surface area contributed by atoms with Crippen molar-refractivity contribution in [3.05, 3.63) is 63.9 Å². The zero-order chi connectivity index (χ0) is 26.2. The van der Waals surface area contributed by atoms with Gasteiger partial charge >= 0.3 is 0 Å². The lowest BCUT2D eigenvalue weighted by atomic mass is 10.1. The van der Waals surface area contributed by atoms with Crippen LogP contribution in [0.25, 0.3) is 10.9 Å². The molecule has 0 radical (unpaired) electrons. The van der Waals surface area contributed by atoms with Crippen LogP contribution in [0.15, 0.2) is 52.2 Å². The number of benzene rings is 2. The van der Waals surface area contributed by atoms with E-state index in [2.05, 4.69) is 10.3 Å². The molecule has 3 aromatic rings. The van der Waals surface area contributed by atoms with Gasteiger partial charge in [0.2, 0.25) is 15.6 Å². The van der Waals surface area contributed by atoms with Crippen molar-refractivity contribution in [2.75, 3.05) is 56.7 Å². The number of carbonyl (C=O) groups excluding carboxylic acids is 1. The van der Waals surface area contributed by atoms with Crippen molar-refractivity contribution in [3.63, 3.8) is 0 Å². The van der Waals surface area contributed by atoms with Crippen LogP contribution in [0.3, 0.4) is 0 Å². The number of aryl methyl sites for hydroxylation is 1. The Bertz CT molecular complexity index is 1500. The Morgan fingerprint density at radius 2 is 1.89 bits per heavy atom. The number of rotatable bonds is 6. The third-order valence-electron chi connectivity index (χ3n) is 6.95. The first-order chi connectivity index (χ1) is 17.8. The highest BCUT2D eigenvalue weighted by atomic mass is 32.2. The molecule has 0 saturated carbocycles. The smallest absolute Gasteiger partial charge is 0.257 e. The normalized spacial score (nSPS) is 18.9. The first-order valence-electron chi connectivity index (χ1n) is 12.2. The number of sulfonamides is 1. The predicted octanol–water partition coefficient (Wildman–Crippen LogP) is 2.33. The molecule has 37 heavy (non-hydrogen) atoms. The molecule has 1 atom stereocenters. The summed E-state index contributed by atoms with van der Waals surface area (Å²) >= 11 is 0. The molecule has 0 bridgehead atoms. The average Bonchev–Trinajstić information content (AvgIpc) is 3.38. The molecule has 2 aromatic carbocycles. The van der Waals surface area contributed by atoms with Gasteiger partial charge in [-0.3, -0.25) is 9.59 Å². The average molecular weight is 527 g/mol. The summed E-state index contributed by atoms with van der Waals surface area (Å²) in [4.78, 5) is 30.3. The number of nitrogens with one attached hydrogen (secondary N) is 2. The molecule has 2 aliphatic rings. The fraction of sp³-hybridized carbons (Fsp3) is 0.385. The number of H-pyrrole nitrogens is 1. The fourth-order valence-corrected chi connectivity index (χ4v) is 6.34. The maximum Gasteiger partial charge on any atom is 0.257 e. The summed E-state index contributed by atoms with van der Waals surface area (Å²) in [5.41, 5.74) is 2.73. The quantitative estimate of drug-likeness (QED) is 0.506. The number of fused-ring (bicyclic) bond motifs is 1. The number of pyridine rings is 1. The number of methoxy groups -OCH3 is 1. The highest BCUT2D eigenvalue weighted by Gasteiger charge is 2.30. The van der Waals surface area contributed by atoms with Crippen molar-refractivity contribution in [3.8, 4) is 0 Å². The number of amides is 1. The minimum atomic E-state index is -3.79. The molecular weight excluding hydrogens is 496 g/mol. The molecule has 3 heterocycles. The summed E-state index contributed by atoms with van der Waals surface area (Å²) in [6.07, 6.45) is 0.853. The lowest BCUT2D eigenvalue weighted by molar-refractivity contribution is 0.0730. The van der Waals surface area contributed by atoms with Gasteiger partial charge in [0.25, 0.3) is 5.91 Å². The number of aromatic amines is 1. The molecule has 2 saturated heterocycles. The minimum absolute atomic E-state index is 0.0401. The van der Waals surface area contributed by atoms with Crippen LogP contribution in [0.2, 0.25) is 0 Å². The third-order valence-corrected chi connectivity index (χ3v) is 8.84. The van der Waals surface area contributed by atoms with Gasteiger partial charge in [0.1, 0.15) is 0 Å². The zero-order valence-electron chi connectivity index (χ0n) is 20.8. The maximum absolute atomic E-state index is 13.6. The van der Waals surface area contributed by atoms with Crippen molar-refractivity contribution >= 4 is 38.2 Å². The molecule has 1 amide bonds. The standard InChI is InChI=1S/C26H30N4O6S/c1-17-13-25(31)28-23-5-3-18(14-21(17)23)27-26(32)22-15-20(37(33,34)30-9-11-36-12-10-30)4-6-24(22)29-8-7-19(16-29)35-2/h3-6,13-15,19H,7-12,16H2,1-2H3,(H,27,32)(H,28,31). The van der Waals surface area contributed by atoms with Gasteiger partial charge in [-0.1, -0.05) is 0 Å². The summed E-state index contributed by atoms with van der Waals surface area (Å²) < 4.78 is 38.9. The molecule has 1 aromatic heterocycles. The Balaban J connectivity index is 1.51. The topological polar surface area (TPSA) is 121 Å². The Morgan fingerprint density at radius 1 is 1.11 bits per heavy atom. The summed E-state index contributed by atoms with van der Waals surface area (Å²) in [6.45, 7) is 4.34. The highest BCUT2D eigenvalue weighted by Crippen LogP contribution is 2.30. The van der Waals surface area contributed by atoms with Gasteiger partial charge < -0.3 is 24.7 Å². The van der Waals surface area contributed by atoms with Gasteiger partial charge in [0.05, 0.1) is 29.8 Å². The van der Waals surface area contributed by atoms with Crippen LogP contribution in [0.1, 0.15) is 22.3 Å². The number of hydrogen-bond acceptors (Lipinski definition) is 7. The summed E-state index contributed by atoms with van der Waals surface area (Å²) in [5.74, 6) is -0.420. The molecule has 1 unspecified atom stereocenters. The van der Waals surface area contributed by atoms with E-state index < -0.39 is 15.9 Å². The van der Waals surface area contributed by atoms with E-state index in [1.54, 1.807) is 37.4 Å². The molecule has 0 spiro atoms. The van der Waals surface area contributed by atoms with Crippen molar-refractivity contribution in [1.29, 1.82) is 0 Å². The van der Waals surface area contributed by atoms with Gasteiger partial charge in [-0.25, -0.2) is 8.42 Å². The molecule has 0 aliphatic carbocycles. The Kier molecular flexibility index (Phi) is 7.04. The molecule has 5 rings (SSSR count). The van der Waals surface area contributed by atoms with Crippen molar-refractivity contribution in [2.45, 2.75) is 24.3 Å². The summed E-state index contributed by atoms with van der Waals surface area (Å²) in [5, 5.41) is 3.73. The Morgan fingerprint density at radius 3 is 2.62 bits per heavy atom. The third kappa shape index (κ3) is 5.12. The molecule has 11 heteroatoms. The summed E-state index contributed by atoms with van der Waals surface area (Å²) in [7, 11) is -2.13. The molecule has 196 valence electrons. The lowest BCUT2D eigenvalue weighted by Crippen LogP contribution is -2.40. The lowest BCUT2D eigenvalue weighted by Gasteiger charge is -2.27. The molecule has 2 fully saturated rings. The van der Waals surface area contributed by atoms with Crippen LogP contribution < -0.4 is 15.8 Å². The molecule has 2 N–H and O–H groups in total. The van der Waals surface area contributed by atoms with Crippen LogP contribution in [-0.2, 0) is 19.5 Å². The zero-order valence-corrected chi connectivity index (χ0v) is 21.6. The van der Waals surface area contributed by atoms with Crippen LogP contribution in [0.4, 0.5) is 11.4 Å². The van der Waals surface area contributed by atoms with Crippen LogP contribution >= 0.6 is 0 Å². The number of ether oxygens (including phenoxy) is 2. The Hall–Kier alpha value is -3.25. The number of morpholine rings is 1. The van der Waals surface area contributed by atoms with E-state index in [0.29, 0.717) is 43.2 Å². The molecule has 10 nitrogen and oxygen atoms in total. The van der Waals surface area contributed by atoms with E-state index in [1.165, 1.54) is 16.4 Å². The number of anilines is 2. The second-order valence-electron chi connectivity index (χ2n) is 9.32. The second kappa shape index (κ2) is 10.3. The van der Waals surface area contributed by atoms with Gasteiger partial charge in [0.15, 0.2) is 0 Å². The number of aromatic nitrogens is 1. The minimum Gasteiger partial charge on any atom is -0.380 e. The van der Waals surface area contributed by atoms with E-state index >= 15 is 0 Å². The van der Waals surface area contributed by atoms with E-state index in [4.69, 9.17) is 9.47 Å². The van der Waals surface area contributed by atoms with Gasteiger partial charge in [-0.15, -0.1) is 0 Å². The van der Waals surface area contributed by atoms with Gasteiger partial charge in [-0.2, -0.15) is 4.31 Å². The number of carbonyl (C=O) groups is 1. The maximum atomic E-state index is 13.6. The Labute approximate surface area is 215 Å². The van der Waals surface area contributed by atoms with E-state index in [1.807, 2.05) is 11.8 Å². The largest absolute Gasteiger partial charge is 0.380 e. The monoisotopic (exact) mass is 526 g/mol. The van der Waals surface area contributed by atoms with Gasteiger partial charge in [0, 0.05) is 61.6 Å². The SMILES string of the molecule is COC1CCN(c2ccc(S(=O)(=O)N3CCOCC3)cc2C(=O)Nc2ccc3[nH]c(=O)cc(C)c3c2)C1. The molecule has 2 aliphatic heterocycles. The van der Waals surface area contributed by atoms with Crippen molar-refractivity contribution < 1.29 is 22.7 Å². The number of nitrogens with zero attached hydrogens (tertiary/aromatic N) is 2. The summed E-state index contributed by atoms with van der Waals surface area (Å²) in [6, 6.07) is 11.5. The number of hydrogen-bond donors (Lipinski definition) is 2. The van der Waals surface area contributed by atoms with Gasteiger partial charge in [-0.05, 0) is 55.3 Å². The van der Waals surface area contributed by atoms with E-state index in [-0.39, 0.29) is 35.2 Å². The van der Waals surface area contributed by atoms with E-state index in [9.17, 15) is 18.0 Å². The first kappa shape index (κ1) is 25.4.